The van der Waals surface area contributed by atoms with Crippen LogP contribution < -0.4 is 10.2 Å². The third-order valence-electron chi connectivity index (χ3n) is 7.35. The van der Waals surface area contributed by atoms with E-state index in [1.807, 2.05) is 19.1 Å². The van der Waals surface area contributed by atoms with Crippen LogP contribution in [0.3, 0.4) is 0 Å². The van der Waals surface area contributed by atoms with Gasteiger partial charge in [-0.15, -0.1) is 0 Å². The van der Waals surface area contributed by atoms with Crippen molar-refractivity contribution in [1.29, 1.82) is 0 Å². The van der Waals surface area contributed by atoms with Crippen molar-refractivity contribution in [2.75, 3.05) is 55.9 Å². The number of morpholine rings is 1. The molecular formula is C30H30F3N5O4S. The van der Waals surface area contributed by atoms with E-state index in [4.69, 9.17) is 4.74 Å². The molecule has 0 spiro atoms. The normalized spacial score (nSPS) is 17.8. The van der Waals surface area contributed by atoms with Gasteiger partial charge in [-0.05, 0) is 60.7 Å². The molecule has 226 valence electrons. The molecule has 2 aliphatic rings. The lowest BCUT2D eigenvalue weighted by Gasteiger charge is -2.29. The largest absolute Gasteiger partial charge is 0.433 e. The first-order valence-corrected chi connectivity index (χ1v) is 15.5. The van der Waals surface area contributed by atoms with Crippen molar-refractivity contribution in [1.82, 2.24) is 14.3 Å². The van der Waals surface area contributed by atoms with E-state index in [0.29, 0.717) is 63.3 Å². The highest BCUT2D eigenvalue weighted by atomic mass is 32.2. The number of aromatic nitrogens is 2. The Kier molecular flexibility index (Phi) is 8.73. The number of aryl methyl sites for hydroxylation is 1. The van der Waals surface area contributed by atoms with Crippen LogP contribution in [0.25, 0.3) is 11.1 Å². The van der Waals surface area contributed by atoms with E-state index in [2.05, 4.69) is 32.0 Å². The van der Waals surface area contributed by atoms with Crippen LogP contribution in [0.1, 0.15) is 33.7 Å². The second-order valence-corrected chi connectivity index (χ2v) is 12.5. The van der Waals surface area contributed by atoms with Crippen LogP contribution in [-0.2, 0) is 20.9 Å². The van der Waals surface area contributed by atoms with Crippen molar-refractivity contribution in [3.8, 4) is 23.0 Å². The Morgan fingerprint density at radius 2 is 1.86 bits per heavy atom. The Labute approximate surface area is 248 Å². The molecule has 3 aromatic rings. The summed E-state index contributed by atoms with van der Waals surface area (Å²) in [4.78, 5) is 22.9. The fourth-order valence-corrected chi connectivity index (χ4v) is 5.89. The maximum absolute atomic E-state index is 13.1. The van der Waals surface area contributed by atoms with Crippen molar-refractivity contribution in [3.05, 3.63) is 71.3 Å². The van der Waals surface area contributed by atoms with Gasteiger partial charge in [-0.25, -0.2) is 17.7 Å². The van der Waals surface area contributed by atoms with Crippen LogP contribution >= 0.6 is 0 Å². The number of carbonyl (C=O) groups excluding carboxylic acids is 1. The van der Waals surface area contributed by atoms with Crippen LogP contribution in [0.4, 0.5) is 24.5 Å². The molecule has 2 aromatic heterocycles. The van der Waals surface area contributed by atoms with Gasteiger partial charge >= 0.3 is 6.18 Å². The minimum Gasteiger partial charge on any atom is -0.378 e. The molecule has 0 radical (unpaired) electrons. The van der Waals surface area contributed by atoms with E-state index in [1.165, 1.54) is 16.6 Å². The first-order chi connectivity index (χ1) is 20.4. The fourth-order valence-electron chi connectivity index (χ4n) is 5.00. The van der Waals surface area contributed by atoms with Crippen molar-refractivity contribution < 1.29 is 31.1 Å². The topological polar surface area (TPSA) is 105 Å². The predicted octanol–water partition coefficient (Wildman–Crippen LogP) is 4.19. The van der Waals surface area contributed by atoms with Gasteiger partial charge in [-0.2, -0.15) is 13.2 Å². The summed E-state index contributed by atoms with van der Waals surface area (Å²) < 4.78 is 70.0. The number of amides is 1. The Bertz CT molecular complexity index is 1700. The molecule has 2 saturated heterocycles. The number of halogens is 3. The van der Waals surface area contributed by atoms with Crippen LogP contribution in [-0.4, -0.2) is 74.2 Å². The molecule has 4 heterocycles. The first kappa shape index (κ1) is 30.5. The lowest BCUT2D eigenvalue weighted by molar-refractivity contribution is -0.141. The molecule has 1 atom stereocenters. The number of rotatable bonds is 5. The van der Waals surface area contributed by atoms with E-state index in [9.17, 15) is 26.4 Å². The lowest BCUT2D eigenvalue weighted by Crippen LogP contribution is -2.36. The summed E-state index contributed by atoms with van der Waals surface area (Å²) in [5, 5.41) is 2.68. The second-order valence-electron chi connectivity index (χ2n) is 10.5. The van der Waals surface area contributed by atoms with Gasteiger partial charge in [0.1, 0.15) is 11.4 Å². The fraction of sp³-hybridized carbons (Fsp3) is 0.367. The molecule has 1 amide bonds. The molecule has 13 heteroatoms. The molecule has 5 rings (SSSR count). The number of ether oxygens (including phenoxy) is 1. The minimum atomic E-state index is -4.66. The number of sulfonamides is 1. The van der Waals surface area contributed by atoms with E-state index >= 15 is 0 Å². The number of hydrogen-bond donors (Lipinski definition) is 1. The van der Waals surface area contributed by atoms with Gasteiger partial charge in [0.15, 0.2) is 0 Å². The summed E-state index contributed by atoms with van der Waals surface area (Å²) in [5.74, 6) is 5.61. The average Bonchev–Trinajstić information content (AvgIpc) is 3.47. The summed E-state index contributed by atoms with van der Waals surface area (Å²) in [6, 6.07) is 9.17. The van der Waals surface area contributed by atoms with Crippen molar-refractivity contribution in [3.63, 3.8) is 0 Å². The smallest absolute Gasteiger partial charge is 0.378 e. The van der Waals surface area contributed by atoms with Gasteiger partial charge in [-0.3, -0.25) is 9.78 Å². The quantitative estimate of drug-likeness (QED) is 0.431. The lowest BCUT2D eigenvalue weighted by atomic mass is 10.00. The summed E-state index contributed by atoms with van der Waals surface area (Å²) in [5.41, 5.74) is 2.95. The van der Waals surface area contributed by atoms with Gasteiger partial charge in [0.05, 0.1) is 25.2 Å². The van der Waals surface area contributed by atoms with Crippen molar-refractivity contribution >= 4 is 27.3 Å². The zero-order valence-corrected chi connectivity index (χ0v) is 24.4. The third kappa shape index (κ3) is 7.33. The zero-order chi connectivity index (χ0) is 30.8. The number of anilines is 2. The molecular weight excluding hydrogens is 583 g/mol. The third-order valence-corrected chi connectivity index (χ3v) is 8.62. The Balaban J connectivity index is 1.43. The molecule has 0 aliphatic carbocycles. The summed E-state index contributed by atoms with van der Waals surface area (Å²) in [6.45, 7) is 5.10. The van der Waals surface area contributed by atoms with Crippen molar-refractivity contribution in [2.24, 2.45) is 5.92 Å². The molecule has 1 unspecified atom stereocenters. The van der Waals surface area contributed by atoms with Gasteiger partial charge in [0.25, 0.3) is 5.91 Å². The van der Waals surface area contributed by atoms with E-state index in [-0.39, 0.29) is 11.5 Å². The molecule has 2 aliphatic heterocycles. The number of nitrogens with zero attached hydrogens (tertiary/aromatic N) is 4. The second kappa shape index (κ2) is 12.3. The SMILES string of the molecule is Cc1ccc(NC(=O)c2ccnc(C(F)(F)F)c2)cc1-c1cnc(C#CC2CCN(S(C)(=O)=O)C2)c(N2CCOCC2)c1. The van der Waals surface area contributed by atoms with Crippen LogP contribution in [0.2, 0.25) is 0 Å². The maximum atomic E-state index is 13.1. The maximum Gasteiger partial charge on any atom is 0.433 e. The van der Waals surface area contributed by atoms with Gasteiger partial charge in [0, 0.05) is 61.3 Å². The molecule has 0 bridgehead atoms. The van der Waals surface area contributed by atoms with Gasteiger partial charge in [0.2, 0.25) is 10.0 Å². The van der Waals surface area contributed by atoms with Crippen LogP contribution in [0.15, 0.2) is 48.8 Å². The Morgan fingerprint density at radius 3 is 2.56 bits per heavy atom. The average molecular weight is 614 g/mol. The highest BCUT2D eigenvalue weighted by Crippen LogP contribution is 2.32. The highest BCUT2D eigenvalue weighted by molar-refractivity contribution is 7.88. The van der Waals surface area contributed by atoms with Gasteiger partial charge in [-0.1, -0.05) is 12.0 Å². The molecule has 0 saturated carbocycles. The summed E-state index contributed by atoms with van der Waals surface area (Å²) >= 11 is 0. The molecule has 43 heavy (non-hydrogen) atoms. The van der Waals surface area contributed by atoms with Crippen molar-refractivity contribution in [2.45, 2.75) is 19.5 Å². The standard InChI is InChI=1S/C30H30F3N5O4S/c1-20-3-5-24(36-29(39)22-7-9-34-28(16-22)30(31,32)33)17-25(20)23-15-27(37-11-13-42-14-12-37)26(35-18-23)6-4-21-8-10-38(19-21)43(2,40)41/h3,5,7,9,15-18,21H,8,10-14,19H2,1-2H3,(H,36,39). The van der Waals surface area contributed by atoms with E-state index in [0.717, 1.165) is 28.6 Å². The first-order valence-electron chi connectivity index (χ1n) is 13.6. The molecule has 9 nitrogen and oxygen atoms in total. The highest BCUT2D eigenvalue weighted by Gasteiger charge is 2.33. The zero-order valence-electron chi connectivity index (χ0n) is 23.6. The van der Waals surface area contributed by atoms with E-state index < -0.39 is 27.8 Å². The minimum absolute atomic E-state index is 0.0936. The number of nitrogens with one attached hydrogen (secondary N) is 1. The van der Waals surface area contributed by atoms with E-state index in [1.54, 1.807) is 18.3 Å². The number of alkyl halides is 3. The number of carbonyl (C=O) groups is 1. The van der Waals surface area contributed by atoms with Crippen LogP contribution in [0.5, 0.6) is 0 Å². The molecule has 1 N–H and O–H groups in total. The number of hydrogen-bond acceptors (Lipinski definition) is 7. The Hall–Kier alpha value is -3.99. The summed E-state index contributed by atoms with van der Waals surface area (Å²) in [6.07, 6.45) is -0.166. The summed E-state index contributed by atoms with van der Waals surface area (Å²) in [7, 11) is -3.27. The molecule has 2 fully saturated rings. The molecule has 1 aromatic carbocycles. The number of pyridine rings is 2. The van der Waals surface area contributed by atoms with Crippen LogP contribution in [0, 0.1) is 24.7 Å². The number of benzene rings is 1. The Morgan fingerprint density at radius 1 is 1.09 bits per heavy atom. The predicted molar refractivity (Wildman–Crippen MR) is 156 cm³/mol. The van der Waals surface area contributed by atoms with Gasteiger partial charge < -0.3 is 15.0 Å². The monoisotopic (exact) mass is 613 g/mol.